The van der Waals surface area contributed by atoms with Crippen LogP contribution in [0.4, 0.5) is 0 Å². The van der Waals surface area contributed by atoms with Crippen LogP contribution in [0, 0.1) is 0 Å². The van der Waals surface area contributed by atoms with Crippen LogP contribution in [-0.4, -0.2) is 34.9 Å². The summed E-state index contributed by atoms with van der Waals surface area (Å²) in [6.45, 7) is 4.35. The molecule has 1 amide bonds. The number of hydrogen-bond donors (Lipinski definition) is 3. The maximum Gasteiger partial charge on any atom is 0.220 e. The normalized spacial score (nSPS) is 13.0. The van der Waals surface area contributed by atoms with Gasteiger partial charge in [0.25, 0.3) is 0 Å². The number of aliphatic hydroxyl groups is 2. The lowest BCUT2D eigenvalue weighted by atomic mass is 10.0. The molecule has 0 radical (unpaired) electrons. The molecule has 366 valence electrons. The lowest BCUT2D eigenvalue weighted by Crippen LogP contribution is -2.45. The minimum absolute atomic E-state index is 0.0406. The van der Waals surface area contributed by atoms with Crippen LogP contribution < -0.4 is 5.32 Å². The Morgan fingerprint density at radius 1 is 0.387 bits per heavy atom. The Morgan fingerprint density at radius 3 is 1.02 bits per heavy atom. The molecule has 3 N–H and O–H groups in total. The molecule has 0 bridgehead atoms. The van der Waals surface area contributed by atoms with Gasteiger partial charge in [-0.1, -0.05) is 288 Å². The molecule has 4 nitrogen and oxygen atoms in total. The fourth-order valence-corrected chi connectivity index (χ4v) is 8.84. The van der Waals surface area contributed by atoms with Gasteiger partial charge in [0.15, 0.2) is 0 Å². The highest BCUT2D eigenvalue weighted by molar-refractivity contribution is 5.76. The topological polar surface area (TPSA) is 69.6 Å². The molecule has 0 fully saturated rings. The van der Waals surface area contributed by atoms with Crippen LogP contribution in [0.1, 0.15) is 309 Å². The number of hydrogen-bond acceptors (Lipinski definition) is 3. The van der Waals surface area contributed by atoms with Gasteiger partial charge in [0.2, 0.25) is 5.91 Å². The Balaban J connectivity index is 3.43. The number of amides is 1. The van der Waals surface area contributed by atoms with Gasteiger partial charge in [0.05, 0.1) is 18.8 Å². The standard InChI is InChI=1S/C58H111NO3/c1-3-5-7-9-11-13-15-17-19-21-23-24-25-26-27-28-29-30-31-32-33-34-36-37-39-41-43-45-47-49-51-53-57(61)56(55-60)59-58(62)54-52-50-48-46-44-42-40-38-35-22-20-18-16-14-12-10-8-6-4-2/h12,14,18,20,35,38,56-57,60-61H,3-11,13,15-17,19,21-34,36-37,39-55H2,1-2H3,(H,59,62)/b14-12-,20-18-,38-35-. The van der Waals surface area contributed by atoms with Gasteiger partial charge in [-0.05, 0) is 51.4 Å². The maximum absolute atomic E-state index is 12.5. The number of nitrogens with one attached hydrogen (secondary N) is 1. The molecule has 0 aromatic carbocycles. The predicted molar refractivity (Wildman–Crippen MR) is 276 cm³/mol. The summed E-state index contributed by atoms with van der Waals surface area (Å²) < 4.78 is 0. The largest absolute Gasteiger partial charge is 0.394 e. The third-order valence-corrected chi connectivity index (χ3v) is 13.2. The summed E-state index contributed by atoms with van der Waals surface area (Å²) in [5.41, 5.74) is 0. The van der Waals surface area contributed by atoms with E-state index in [1.807, 2.05) is 0 Å². The van der Waals surface area contributed by atoms with Crippen LogP contribution in [0.25, 0.3) is 0 Å². The lowest BCUT2D eigenvalue weighted by molar-refractivity contribution is -0.123. The first-order valence-electron chi connectivity index (χ1n) is 28.2. The third kappa shape index (κ3) is 49.6. The molecule has 0 aromatic heterocycles. The molecule has 0 spiro atoms. The smallest absolute Gasteiger partial charge is 0.220 e. The maximum atomic E-state index is 12.5. The quantitative estimate of drug-likeness (QED) is 0.0421. The molecular weight excluding hydrogens is 759 g/mol. The van der Waals surface area contributed by atoms with Crippen molar-refractivity contribution in [3.05, 3.63) is 36.5 Å². The van der Waals surface area contributed by atoms with E-state index >= 15 is 0 Å². The van der Waals surface area contributed by atoms with Crippen molar-refractivity contribution in [2.24, 2.45) is 0 Å². The van der Waals surface area contributed by atoms with Crippen LogP contribution in [0.15, 0.2) is 36.5 Å². The van der Waals surface area contributed by atoms with Gasteiger partial charge in [0, 0.05) is 6.42 Å². The van der Waals surface area contributed by atoms with Crippen molar-refractivity contribution in [2.75, 3.05) is 6.61 Å². The van der Waals surface area contributed by atoms with E-state index < -0.39 is 12.1 Å². The SMILES string of the molecule is CCCCC/C=C\C/C=C\C/C=C\CCCCCCCCC(=O)NC(CO)C(O)CCCCCCCCCCCCCCCCCCCCCCCCCCCCCCCCC. The van der Waals surface area contributed by atoms with Crippen molar-refractivity contribution in [3.8, 4) is 0 Å². The first kappa shape index (κ1) is 60.6. The van der Waals surface area contributed by atoms with Crippen LogP contribution in [0.3, 0.4) is 0 Å². The number of carbonyl (C=O) groups excluding carboxylic acids is 1. The van der Waals surface area contributed by atoms with Crippen molar-refractivity contribution in [1.82, 2.24) is 5.32 Å². The van der Waals surface area contributed by atoms with Gasteiger partial charge < -0.3 is 15.5 Å². The Kier molecular flexibility index (Phi) is 52.7. The molecule has 0 rings (SSSR count). The second kappa shape index (κ2) is 53.9. The average molecular weight is 871 g/mol. The van der Waals surface area contributed by atoms with Crippen molar-refractivity contribution < 1.29 is 15.0 Å². The molecule has 62 heavy (non-hydrogen) atoms. The summed E-state index contributed by atoms with van der Waals surface area (Å²) in [5, 5.41) is 23.3. The van der Waals surface area contributed by atoms with E-state index in [-0.39, 0.29) is 12.5 Å². The summed E-state index contributed by atoms with van der Waals surface area (Å²) in [4.78, 5) is 12.5. The molecule has 0 aliphatic heterocycles. The summed E-state index contributed by atoms with van der Waals surface area (Å²) in [5.74, 6) is -0.0406. The zero-order valence-electron chi connectivity index (χ0n) is 42.2. The second-order valence-electron chi connectivity index (χ2n) is 19.4. The van der Waals surface area contributed by atoms with Gasteiger partial charge >= 0.3 is 0 Å². The molecular formula is C58H111NO3. The van der Waals surface area contributed by atoms with E-state index in [2.05, 4.69) is 55.6 Å². The number of allylic oxidation sites excluding steroid dienone is 6. The molecule has 0 aliphatic rings. The van der Waals surface area contributed by atoms with Gasteiger partial charge in [-0.2, -0.15) is 0 Å². The number of rotatable bonds is 52. The van der Waals surface area contributed by atoms with Gasteiger partial charge in [0.1, 0.15) is 0 Å². The van der Waals surface area contributed by atoms with Gasteiger partial charge in [-0.15, -0.1) is 0 Å². The van der Waals surface area contributed by atoms with E-state index in [4.69, 9.17) is 0 Å². The van der Waals surface area contributed by atoms with Gasteiger partial charge in [-0.25, -0.2) is 0 Å². The average Bonchev–Trinajstić information content (AvgIpc) is 3.28. The second-order valence-corrected chi connectivity index (χ2v) is 19.4. The summed E-state index contributed by atoms with van der Waals surface area (Å²) in [7, 11) is 0. The first-order chi connectivity index (χ1) is 30.7. The van der Waals surface area contributed by atoms with Gasteiger partial charge in [-0.3, -0.25) is 4.79 Å². The molecule has 0 saturated carbocycles. The molecule has 0 aliphatic carbocycles. The molecule has 2 atom stereocenters. The van der Waals surface area contributed by atoms with E-state index in [1.165, 1.54) is 231 Å². The van der Waals surface area contributed by atoms with E-state index in [0.29, 0.717) is 12.8 Å². The van der Waals surface area contributed by atoms with Crippen LogP contribution in [0.2, 0.25) is 0 Å². The highest BCUT2D eigenvalue weighted by Gasteiger charge is 2.20. The highest BCUT2D eigenvalue weighted by atomic mass is 16.3. The molecule has 0 saturated heterocycles. The Morgan fingerprint density at radius 2 is 0.661 bits per heavy atom. The van der Waals surface area contributed by atoms with Crippen LogP contribution >= 0.6 is 0 Å². The number of unbranched alkanes of at least 4 members (excludes halogenated alkanes) is 39. The highest BCUT2D eigenvalue weighted by Crippen LogP contribution is 2.18. The zero-order chi connectivity index (χ0) is 44.9. The molecule has 0 aromatic rings. The fourth-order valence-electron chi connectivity index (χ4n) is 8.84. The van der Waals surface area contributed by atoms with Crippen LogP contribution in [-0.2, 0) is 4.79 Å². The Labute approximate surface area is 389 Å². The summed E-state index contributed by atoms with van der Waals surface area (Å²) in [6, 6.07) is -0.545. The first-order valence-corrected chi connectivity index (χ1v) is 28.2. The third-order valence-electron chi connectivity index (χ3n) is 13.2. The van der Waals surface area contributed by atoms with Crippen molar-refractivity contribution in [1.29, 1.82) is 0 Å². The Bertz CT molecular complexity index is 943. The zero-order valence-corrected chi connectivity index (χ0v) is 42.2. The van der Waals surface area contributed by atoms with Crippen LogP contribution in [0.5, 0.6) is 0 Å². The van der Waals surface area contributed by atoms with Crippen molar-refractivity contribution in [2.45, 2.75) is 321 Å². The Hall–Kier alpha value is -1.39. The van der Waals surface area contributed by atoms with E-state index in [9.17, 15) is 15.0 Å². The molecule has 4 heteroatoms. The monoisotopic (exact) mass is 870 g/mol. The minimum atomic E-state index is -0.667. The molecule has 2 unspecified atom stereocenters. The summed E-state index contributed by atoms with van der Waals surface area (Å²) >= 11 is 0. The minimum Gasteiger partial charge on any atom is -0.394 e. The van der Waals surface area contributed by atoms with E-state index in [1.54, 1.807) is 0 Å². The molecule has 0 heterocycles. The predicted octanol–water partition coefficient (Wildman–Crippen LogP) is 18.5. The fraction of sp³-hybridized carbons (Fsp3) is 0.879. The summed E-state index contributed by atoms with van der Waals surface area (Å²) in [6.07, 6.45) is 72.8. The number of aliphatic hydroxyl groups excluding tert-OH is 2. The lowest BCUT2D eigenvalue weighted by Gasteiger charge is -2.22. The number of carbonyl (C=O) groups is 1. The van der Waals surface area contributed by atoms with Crippen molar-refractivity contribution >= 4 is 5.91 Å². The van der Waals surface area contributed by atoms with E-state index in [0.717, 1.165) is 51.4 Å². The van der Waals surface area contributed by atoms with Crippen molar-refractivity contribution in [3.63, 3.8) is 0 Å².